The van der Waals surface area contributed by atoms with E-state index in [9.17, 15) is 4.79 Å². The molecule has 0 fully saturated rings. The van der Waals surface area contributed by atoms with Gasteiger partial charge in [0.05, 0.1) is 18.9 Å². The smallest absolute Gasteiger partial charge is 0.221 e. The molecule has 0 aliphatic carbocycles. The molecule has 1 aromatic rings. The summed E-state index contributed by atoms with van der Waals surface area (Å²) in [4.78, 5) is 13.0. The molecule has 0 saturated carbocycles. The third-order valence-electron chi connectivity index (χ3n) is 2.96. The summed E-state index contributed by atoms with van der Waals surface area (Å²) in [5.74, 6) is 0.341. The van der Waals surface area contributed by atoms with Gasteiger partial charge < -0.3 is 26.6 Å². The third kappa shape index (κ3) is 6.59. The summed E-state index contributed by atoms with van der Waals surface area (Å²) in [6.45, 7) is 6.44. The molecule has 0 heterocycles. The van der Waals surface area contributed by atoms with E-state index in [-0.39, 0.29) is 5.91 Å². The fraction of sp³-hybridized carbons (Fsp3) is 0.312. The van der Waals surface area contributed by atoms with E-state index in [2.05, 4.69) is 27.4 Å². The van der Waals surface area contributed by atoms with Crippen LogP contribution in [0.15, 0.2) is 53.2 Å². The number of benzene rings is 1. The largest absolute Gasteiger partial charge is 0.382 e. The van der Waals surface area contributed by atoms with Gasteiger partial charge in [-0.05, 0) is 18.2 Å². The highest BCUT2D eigenvalue weighted by molar-refractivity contribution is 5.90. The fourth-order valence-electron chi connectivity index (χ4n) is 1.74. The molecule has 0 atom stereocenters. The van der Waals surface area contributed by atoms with Crippen LogP contribution in [0.5, 0.6) is 0 Å². The van der Waals surface area contributed by atoms with Gasteiger partial charge in [0, 0.05) is 32.7 Å². The number of quaternary nitrogens is 1. The Hall–Kier alpha value is -2.71. The molecule has 0 aromatic heterocycles. The van der Waals surface area contributed by atoms with Crippen LogP contribution in [-0.2, 0) is 4.79 Å². The van der Waals surface area contributed by atoms with Crippen LogP contribution in [0.2, 0.25) is 0 Å². The Balaban J connectivity index is 2.99. The molecule has 0 aliphatic rings. The first-order valence-electron chi connectivity index (χ1n) is 7.63. The molecule has 6 N–H and O–H groups in total. The molecule has 8 heteroatoms. The van der Waals surface area contributed by atoms with Crippen LogP contribution < -0.4 is 21.7 Å². The number of nitrogens with zero attached hydrogens (tertiary/aromatic N) is 3. The molecule has 1 amide bonds. The van der Waals surface area contributed by atoms with E-state index in [4.69, 9.17) is 5.73 Å². The van der Waals surface area contributed by atoms with Crippen molar-refractivity contribution >= 4 is 23.0 Å². The van der Waals surface area contributed by atoms with Crippen molar-refractivity contribution in [1.29, 1.82) is 0 Å². The van der Waals surface area contributed by atoms with Gasteiger partial charge in [-0.3, -0.25) is 4.79 Å². The Morgan fingerprint density at radius 1 is 1.50 bits per heavy atom. The van der Waals surface area contributed by atoms with E-state index in [1.54, 1.807) is 17.0 Å². The molecular weight excluding hydrogens is 306 g/mol. The highest BCUT2D eigenvalue weighted by Gasteiger charge is 2.05. The van der Waals surface area contributed by atoms with Crippen LogP contribution in [0.1, 0.15) is 6.92 Å². The van der Waals surface area contributed by atoms with Crippen molar-refractivity contribution in [3.63, 3.8) is 0 Å². The van der Waals surface area contributed by atoms with Gasteiger partial charge in [0.15, 0.2) is 0 Å². The average molecular weight is 332 g/mol. The monoisotopic (exact) mass is 332 g/mol. The van der Waals surface area contributed by atoms with E-state index in [0.717, 1.165) is 5.69 Å². The maximum Gasteiger partial charge on any atom is 0.221 e. The molecule has 1 aromatic carbocycles. The lowest BCUT2D eigenvalue weighted by molar-refractivity contribution is -0.557. The zero-order valence-electron chi connectivity index (χ0n) is 14.4. The van der Waals surface area contributed by atoms with Crippen molar-refractivity contribution in [1.82, 2.24) is 4.90 Å². The fourth-order valence-corrected chi connectivity index (χ4v) is 1.74. The Kier molecular flexibility index (Phi) is 8.17. The summed E-state index contributed by atoms with van der Waals surface area (Å²) in [6.07, 6.45) is 3.72. The van der Waals surface area contributed by atoms with Gasteiger partial charge in [-0.1, -0.05) is 6.58 Å². The molecular formula is C16H26N7O+. The highest BCUT2D eigenvalue weighted by Crippen LogP contribution is 2.29. The van der Waals surface area contributed by atoms with Crippen molar-refractivity contribution in [2.45, 2.75) is 6.92 Å². The van der Waals surface area contributed by atoms with Gasteiger partial charge >= 0.3 is 0 Å². The summed E-state index contributed by atoms with van der Waals surface area (Å²) in [5.41, 5.74) is 7.55. The van der Waals surface area contributed by atoms with Crippen molar-refractivity contribution in [3.8, 4) is 0 Å². The van der Waals surface area contributed by atoms with Crippen LogP contribution in [-0.4, -0.2) is 38.0 Å². The second kappa shape index (κ2) is 10.1. The number of azo groups is 1. The first-order chi connectivity index (χ1) is 11.5. The molecule has 0 saturated heterocycles. The minimum atomic E-state index is -0.148. The number of nitrogens with one attached hydrogen (secondary N) is 2. The quantitative estimate of drug-likeness (QED) is 0.508. The minimum absolute atomic E-state index is 0.148. The number of amides is 1. The average Bonchev–Trinajstić information content (AvgIpc) is 2.55. The van der Waals surface area contributed by atoms with Gasteiger partial charge in [-0.15, -0.1) is 10.2 Å². The van der Waals surface area contributed by atoms with Gasteiger partial charge in [-0.25, -0.2) is 0 Å². The Labute approximate surface area is 142 Å². The van der Waals surface area contributed by atoms with Gasteiger partial charge in [0.1, 0.15) is 17.7 Å². The summed E-state index contributed by atoms with van der Waals surface area (Å²) >= 11 is 0. The molecule has 0 bridgehead atoms. The number of hydrogen-bond acceptors (Lipinski definition) is 6. The number of hydrogen-bond donors (Lipinski definition) is 4. The lowest BCUT2D eigenvalue weighted by atomic mass is 10.2. The maximum absolute atomic E-state index is 11.2. The number of anilines is 2. The summed E-state index contributed by atoms with van der Waals surface area (Å²) in [6, 6.07) is 5.36. The summed E-state index contributed by atoms with van der Waals surface area (Å²) in [7, 11) is 3.76. The molecule has 0 aliphatic heterocycles. The van der Waals surface area contributed by atoms with E-state index < -0.39 is 0 Å². The van der Waals surface area contributed by atoms with Crippen molar-refractivity contribution in [2.24, 2.45) is 16.0 Å². The predicted molar refractivity (Wildman–Crippen MR) is 96.7 cm³/mol. The Morgan fingerprint density at radius 3 is 2.88 bits per heavy atom. The van der Waals surface area contributed by atoms with Crippen molar-refractivity contribution in [3.05, 3.63) is 43.0 Å². The third-order valence-corrected chi connectivity index (χ3v) is 2.96. The standard InChI is InChI=1S/C16H25N7O/c1-12(23(4)10-9-18-3)21-22-16-11-14(20-13(2)24)5-6-15(16)19-8-7-17/h5-6,9-11,18-19H,1,7-8,17H2,2-4H3,(H,20,24)/p+1/b10-9-,22-21?. The summed E-state index contributed by atoms with van der Waals surface area (Å²) < 4.78 is 0. The van der Waals surface area contributed by atoms with Gasteiger partial charge in [0.2, 0.25) is 5.91 Å². The topological polar surface area (TPSA) is 112 Å². The number of carbonyl (C=O) groups is 1. The lowest BCUT2D eigenvalue weighted by Gasteiger charge is -2.12. The lowest BCUT2D eigenvalue weighted by Crippen LogP contribution is -2.72. The molecule has 0 spiro atoms. The number of nitrogens with two attached hydrogens (primary N) is 2. The van der Waals surface area contributed by atoms with Crippen LogP contribution in [0.3, 0.4) is 0 Å². The van der Waals surface area contributed by atoms with Gasteiger partial charge in [-0.2, -0.15) is 0 Å². The normalized spacial score (nSPS) is 11.0. The first kappa shape index (κ1) is 19.3. The molecule has 8 nitrogen and oxygen atoms in total. The van der Waals surface area contributed by atoms with Crippen LogP contribution in [0.4, 0.5) is 17.1 Å². The minimum Gasteiger partial charge on any atom is -0.382 e. The van der Waals surface area contributed by atoms with E-state index in [1.807, 2.05) is 37.9 Å². The molecule has 24 heavy (non-hydrogen) atoms. The van der Waals surface area contributed by atoms with E-state index in [0.29, 0.717) is 30.3 Å². The van der Waals surface area contributed by atoms with E-state index in [1.165, 1.54) is 6.92 Å². The maximum atomic E-state index is 11.2. The zero-order valence-corrected chi connectivity index (χ0v) is 14.4. The number of carbonyl (C=O) groups excluding carboxylic acids is 1. The first-order valence-corrected chi connectivity index (χ1v) is 7.63. The van der Waals surface area contributed by atoms with Crippen LogP contribution >= 0.6 is 0 Å². The zero-order chi connectivity index (χ0) is 17.9. The SMILES string of the molecule is C=C(N=Nc1cc(NC(C)=O)ccc1NCCN)N(C)/C=C\[NH2+]C. The van der Waals surface area contributed by atoms with Crippen molar-refractivity contribution in [2.75, 3.05) is 37.8 Å². The van der Waals surface area contributed by atoms with E-state index >= 15 is 0 Å². The predicted octanol–water partition coefficient (Wildman–Crippen LogP) is 1.17. The summed E-state index contributed by atoms with van der Waals surface area (Å²) in [5, 5.41) is 16.2. The highest BCUT2D eigenvalue weighted by atomic mass is 16.1. The second-order valence-corrected chi connectivity index (χ2v) is 5.03. The number of rotatable bonds is 9. The van der Waals surface area contributed by atoms with Crippen LogP contribution in [0.25, 0.3) is 0 Å². The molecule has 0 unspecified atom stereocenters. The van der Waals surface area contributed by atoms with Crippen molar-refractivity contribution < 1.29 is 10.1 Å². The second-order valence-electron chi connectivity index (χ2n) is 5.03. The van der Waals surface area contributed by atoms with Gasteiger partial charge in [0.25, 0.3) is 0 Å². The Bertz CT molecular complexity index is 625. The Morgan fingerprint density at radius 2 is 2.25 bits per heavy atom. The molecule has 1 rings (SSSR count). The molecule has 130 valence electrons. The van der Waals surface area contributed by atoms with Crippen LogP contribution in [0, 0.1) is 0 Å². The molecule has 0 radical (unpaired) electrons.